The van der Waals surface area contributed by atoms with Gasteiger partial charge < -0.3 is 15.1 Å². The van der Waals surface area contributed by atoms with Gasteiger partial charge in [-0.2, -0.15) is 0 Å². The Kier molecular flexibility index (Phi) is 3.73. The van der Waals surface area contributed by atoms with Crippen LogP contribution in [0.4, 0.5) is 0 Å². The largest absolute Gasteiger partial charge is 0.390 e. The Bertz CT molecular complexity index is 311. The van der Waals surface area contributed by atoms with E-state index in [4.69, 9.17) is 0 Å². The zero-order valence-electron chi connectivity index (χ0n) is 11.1. The third-order valence-corrected chi connectivity index (χ3v) is 4.89. The zero-order valence-corrected chi connectivity index (χ0v) is 11.1. The molecule has 1 heterocycles. The van der Waals surface area contributed by atoms with Crippen molar-refractivity contribution in [2.45, 2.75) is 57.2 Å². The monoisotopic (exact) mass is 251 g/mol. The lowest BCUT2D eigenvalue weighted by atomic mass is 9.90. The van der Waals surface area contributed by atoms with Gasteiger partial charge in [-0.25, -0.2) is 0 Å². The average molecular weight is 251 g/mol. The van der Waals surface area contributed by atoms with E-state index in [0.717, 1.165) is 18.8 Å². The van der Waals surface area contributed by atoms with E-state index < -0.39 is 12.2 Å². The van der Waals surface area contributed by atoms with E-state index in [-0.39, 0.29) is 0 Å². The minimum absolute atomic E-state index is 0.516. The molecule has 2 N–H and O–H groups in total. The van der Waals surface area contributed by atoms with Crippen molar-refractivity contribution < 1.29 is 10.2 Å². The Balaban J connectivity index is 1.54. The summed E-state index contributed by atoms with van der Waals surface area (Å²) in [7, 11) is 0. The second-order valence-corrected chi connectivity index (χ2v) is 6.39. The second-order valence-electron chi connectivity index (χ2n) is 6.39. The van der Waals surface area contributed by atoms with Crippen LogP contribution in [0.2, 0.25) is 0 Å². The highest BCUT2D eigenvalue weighted by atomic mass is 16.3. The summed E-state index contributed by atoms with van der Waals surface area (Å²) >= 11 is 0. The molecule has 1 fully saturated rings. The van der Waals surface area contributed by atoms with Crippen LogP contribution in [-0.2, 0) is 0 Å². The molecule has 0 saturated carbocycles. The van der Waals surface area contributed by atoms with E-state index >= 15 is 0 Å². The number of hydrogen-bond acceptors (Lipinski definition) is 3. The van der Waals surface area contributed by atoms with Gasteiger partial charge in [0.1, 0.15) is 0 Å². The quantitative estimate of drug-likeness (QED) is 0.734. The SMILES string of the molecule is O[C@@H]1CC2=C(CC(CN3CCCCC3)C2)C[C@H]1O. The summed E-state index contributed by atoms with van der Waals surface area (Å²) in [5, 5.41) is 19.5. The van der Waals surface area contributed by atoms with Crippen molar-refractivity contribution in [3.8, 4) is 0 Å². The highest BCUT2D eigenvalue weighted by Gasteiger charge is 2.33. The van der Waals surface area contributed by atoms with Gasteiger partial charge in [-0.05, 0) is 57.5 Å². The van der Waals surface area contributed by atoms with Gasteiger partial charge in [-0.3, -0.25) is 0 Å². The molecule has 2 atom stereocenters. The maximum atomic E-state index is 9.74. The van der Waals surface area contributed by atoms with Gasteiger partial charge in [0.15, 0.2) is 0 Å². The summed E-state index contributed by atoms with van der Waals surface area (Å²) in [5.41, 5.74) is 2.91. The molecule has 0 amide bonds. The summed E-state index contributed by atoms with van der Waals surface area (Å²) in [4.78, 5) is 2.61. The molecule has 102 valence electrons. The maximum Gasteiger partial charge on any atom is 0.0839 e. The number of likely N-dealkylation sites (tertiary alicyclic amines) is 1. The summed E-state index contributed by atoms with van der Waals surface area (Å²) in [5.74, 6) is 0.741. The van der Waals surface area contributed by atoms with Crippen LogP contribution in [0.1, 0.15) is 44.9 Å². The highest BCUT2D eigenvalue weighted by molar-refractivity contribution is 5.26. The molecule has 3 rings (SSSR count). The number of rotatable bonds is 2. The first-order chi connectivity index (χ1) is 8.72. The van der Waals surface area contributed by atoms with Crippen LogP contribution in [0.3, 0.4) is 0 Å². The standard InChI is InChI=1S/C15H25NO2/c17-14-8-12-6-11(7-13(12)9-15(14)18)10-16-4-2-1-3-5-16/h11,14-15,17-18H,1-10H2/t14-,15-/m1/s1. The third kappa shape index (κ3) is 2.63. The number of piperidine rings is 1. The molecule has 18 heavy (non-hydrogen) atoms. The van der Waals surface area contributed by atoms with Crippen LogP contribution in [0.25, 0.3) is 0 Å². The third-order valence-electron chi connectivity index (χ3n) is 4.89. The van der Waals surface area contributed by atoms with E-state index in [2.05, 4.69) is 4.90 Å². The van der Waals surface area contributed by atoms with E-state index in [1.165, 1.54) is 50.0 Å². The van der Waals surface area contributed by atoms with Gasteiger partial charge >= 0.3 is 0 Å². The predicted molar refractivity (Wildman–Crippen MR) is 71.3 cm³/mol. The van der Waals surface area contributed by atoms with E-state index in [1.807, 2.05) is 0 Å². The molecule has 0 unspecified atom stereocenters. The van der Waals surface area contributed by atoms with Gasteiger partial charge in [-0.15, -0.1) is 0 Å². The van der Waals surface area contributed by atoms with E-state index in [1.54, 1.807) is 0 Å². The second kappa shape index (κ2) is 5.32. The molecule has 3 heteroatoms. The van der Waals surface area contributed by atoms with Crippen LogP contribution >= 0.6 is 0 Å². The minimum Gasteiger partial charge on any atom is -0.390 e. The highest BCUT2D eigenvalue weighted by Crippen LogP contribution is 2.40. The first kappa shape index (κ1) is 12.6. The number of aliphatic hydroxyl groups is 2. The smallest absolute Gasteiger partial charge is 0.0839 e. The van der Waals surface area contributed by atoms with Crippen molar-refractivity contribution in [1.82, 2.24) is 4.90 Å². The lowest BCUT2D eigenvalue weighted by Gasteiger charge is -2.29. The van der Waals surface area contributed by atoms with E-state index in [9.17, 15) is 10.2 Å². The summed E-state index contributed by atoms with van der Waals surface area (Å²) in [6.45, 7) is 3.76. The van der Waals surface area contributed by atoms with Crippen molar-refractivity contribution >= 4 is 0 Å². The molecule has 3 nitrogen and oxygen atoms in total. The normalized spacial score (nSPS) is 35.0. The fourth-order valence-electron chi connectivity index (χ4n) is 3.93. The van der Waals surface area contributed by atoms with Crippen molar-refractivity contribution in [2.24, 2.45) is 5.92 Å². The van der Waals surface area contributed by atoms with Crippen LogP contribution in [0, 0.1) is 5.92 Å². The van der Waals surface area contributed by atoms with Gasteiger partial charge in [0.05, 0.1) is 12.2 Å². The molecule has 2 aliphatic carbocycles. The van der Waals surface area contributed by atoms with Crippen LogP contribution in [0.15, 0.2) is 11.1 Å². The van der Waals surface area contributed by atoms with Crippen LogP contribution in [0.5, 0.6) is 0 Å². The maximum absolute atomic E-state index is 9.74. The van der Waals surface area contributed by atoms with Gasteiger partial charge in [0.25, 0.3) is 0 Å². The molecule has 0 bridgehead atoms. The average Bonchev–Trinajstić information content (AvgIpc) is 2.72. The molecule has 1 saturated heterocycles. The molecule has 0 aromatic carbocycles. The molecule has 1 aliphatic heterocycles. The van der Waals surface area contributed by atoms with Crippen molar-refractivity contribution in [3.63, 3.8) is 0 Å². The fourth-order valence-corrected chi connectivity index (χ4v) is 3.93. The summed E-state index contributed by atoms with van der Waals surface area (Å²) < 4.78 is 0. The summed E-state index contributed by atoms with van der Waals surface area (Å²) in [6, 6.07) is 0. The molecule has 0 radical (unpaired) electrons. The molecule has 0 spiro atoms. The Morgan fingerprint density at radius 1 is 0.833 bits per heavy atom. The van der Waals surface area contributed by atoms with Gasteiger partial charge in [-0.1, -0.05) is 17.6 Å². The van der Waals surface area contributed by atoms with Crippen LogP contribution in [-0.4, -0.2) is 47.0 Å². The Morgan fingerprint density at radius 3 is 1.94 bits per heavy atom. The lowest BCUT2D eigenvalue weighted by Crippen LogP contribution is -2.33. The number of hydrogen-bond donors (Lipinski definition) is 2. The van der Waals surface area contributed by atoms with Crippen molar-refractivity contribution in [3.05, 3.63) is 11.1 Å². The topological polar surface area (TPSA) is 43.7 Å². The lowest BCUT2D eigenvalue weighted by molar-refractivity contribution is 0.0144. The van der Waals surface area contributed by atoms with Crippen molar-refractivity contribution in [1.29, 1.82) is 0 Å². The molecular weight excluding hydrogens is 226 g/mol. The van der Waals surface area contributed by atoms with E-state index in [0.29, 0.717) is 12.8 Å². The van der Waals surface area contributed by atoms with Crippen LogP contribution < -0.4 is 0 Å². The number of nitrogens with zero attached hydrogens (tertiary/aromatic N) is 1. The predicted octanol–water partition coefficient (Wildman–Crippen LogP) is 1.69. The zero-order chi connectivity index (χ0) is 12.5. The minimum atomic E-state index is -0.516. The Labute approximate surface area is 109 Å². The molecule has 0 aromatic rings. The van der Waals surface area contributed by atoms with Gasteiger partial charge in [0.2, 0.25) is 0 Å². The first-order valence-corrected chi connectivity index (χ1v) is 7.50. The fraction of sp³-hybridized carbons (Fsp3) is 0.867. The van der Waals surface area contributed by atoms with Crippen molar-refractivity contribution in [2.75, 3.05) is 19.6 Å². The first-order valence-electron chi connectivity index (χ1n) is 7.50. The molecular formula is C15H25NO2. The Hall–Kier alpha value is -0.380. The number of aliphatic hydroxyl groups excluding tert-OH is 2. The summed E-state index contributed by atoms with van der Waals surface area (Å²) in [6.07, 6.45) is 6.84. The van der Waals surface area contributed by atoms with Gasteiger partial charge in [0, 0.05) is 6.54 Å². The molecule has 3 aliphatic rings. The molecule has 0 aromatic heterocycles. The Morgan fingerprint density at radius 2 is 1.39 bits per heavy atom.